The van der Waals surface area contributed by atoms with E-state index in [-0.39, 0.29) is 11.5 Å². The first kappa shape index (κ1) is 20.9. The smallest absolute Gasteiger partial charge is 0.349 e. The Hall–Kier alpha value is -1.18. The van der Waals surface area contributed by atoms with Crippen LogP contribution in [0.2, 0.25) is 18.1 Å². The van der Waals surface area contributed by atoms with E-state index < -0.39 is 37.2 Å². The summed E-state index contributed by atoms with van der Waals surface area (Å²) < 4.78 is 11.4. The maximum absolute atomic E-state index is 12.7. The highest BCUT2D eigenvalue weighted by Gasteiger charge is 2.63. The van der Waals surface area contributed by atoms with Crippen molar-refractivity contribution >= 4 is 20.3 Å². The molecule has 1 N–H and O–H groups in total. The molecule has 0 aromatic rings. The summed E-state index contributed by atoms with van der Waals surface area (Å²) in [6, 6.07) is 0. The molecule has 1 aliphatic carbocycles. The third-order valence-corrected chi connectivity index (χ3v) is 10.4. The van der Waals surface area contributed by atoms with E-state index in [2.05, 4.69) is 38.8 Å². The number of hydrogen-bond acceptors (Lipinski definition) is 6. The lowest BCUT2D eigenvalue weighted by atomic mass is 9.58. The molecule has 1 rings (SSSR count). The van der Waals surface area contributed by atoms with Crippen LogP contribution in [-0.2, 0) is 23.6 Å². The molecular formula is C17H30O6Si. The van der Waals surface area contributed by atoms with Crippen LogP contribution in [0.15, 0.2) is 12.2 Å². The van der Waals surface area contributed by atoms with Crippen LogP contribution < -0.4 is 0 Å². The maximum atomic E-state index is 12.7. The SMILES string of the molecule is COC(=O)[C@]1(C)[C@H](O[Si](C)(C)C(C)(C)C)C=CC[C@]1(C)C(=O)OO. The third kappa shape index (κ3) is 3.17. The summed E-state index contributed by atoms with van der Waals surface area (Å²) in [5.41, 5.74) is -2.61. The average Bonchev–Trinajstić information content (AvgIpc) is 2.48. The number of allylic oxidation sites excluding steroid dienone is 1. The molecule has 7 heteroatoms. The second-order valence-electron chi connectivity index (χ2n) is 8.34. The summed E-state index contributed by atoms with van der Waals surface area (Å²) in [6.07, 6.45) is 3.20. The molecule has 3 atom stereocenters. The van der Waals surface area contributed by atoms with Crippen LogP contribution in [-0.4, -0.2) is 38.7 Å². The molecule has 0 radical (unpaired) electrons. The molecule has 0 saturated carbocycles. The van der Waals surface area contributed by atoms with E-state index in [1.165, 1.54) is 7.11 Å². The van der Waals surface area contributed by atoms with Gasteiger partial charge in [0.2, 0.25) is 0 Å². The Bertz CT molecular complexity index is 536. The van der Waals surface area contributed by atoms with Crippen LogP contribution in [0.3, 0.4) is 0 Å². The first-order chi connectivity index (χ1) is 10.8. The van der Waals surface area contributed by atoms with Crippen molar-refractivity contribution in [2.45, 2.75) is 65.3 Å². The molecule has 0 aromatic heterocycles. The van der Waals surface area contributed by atoms with Gasteiger partial charge >= 0.3 is 11.9 Å². The topological polar surface area (TPSA) is 82.1 Å². The monoisotopic (exact) mass is 358 g/mol. The van der Waals surface area contributed by atoms with E-state index in [0.29, 0.717) is 0 Å². The fraction of sp³-hybridized carbons (Fsp3) is 0.765. The standard InChI is InChI=1S/C17H30O6Si/c1-15(2,3)24(7,8)23-12-10-9-11-16(4,13(18)22-20)17(12,5)14(19)21-6/h9-10,12,20H,11H2,1-8H3/t12-,16-,17+/m1/s1. The zero-order valence-corrected chi connectivity index (χ0v) is 16.9. The van der Waals surface area contributed by atoms with Gasteiger partial charge in [0.25, 0.3) is 0 Å². The summed E-state index contributed by atoms with van der Waals surface area (Å²) in [5.74, 6) is -1.44. The highest BCUT2D eigenvalue weighted by Crippen LogP contribution is 2.52. The van der Waals surface area contributed by atoms with Crippen LogP contribution in [0, 0.1) is 10.8 Å². The van der Waals surface area contributed by atoms with Gasteiger partial charge in [0.1, 0.15) is 5.41 Å². The predicted molar refractivity (Wildman–Crippen MR) is 92.8 cm³/mol. The van der Waals surface area contributed by atoms with Crippen molar-refractivity contribution in [2.24, 2.45) is 10.8 Å². The van der Waals surface area contributed by atoms with Crippen molar-refractivity contribution in [3.63, 3.8) is 0 Å². The minimum absolute atomic E-state index is 0.0663. The molecule has 24 heavy (non-hydrogen) atoms. The molecule has 0 aromatic carbocycles. The highest BCUT2D eigenvalue weighted by atomic mass is 28.4. The van der Waals surface area contributed by atoms with Crippen LogP contribution >= 0.6 is 0 Å². The van der Waals surface area contributed by atoms with Gasteiger partial charge in [0, 0.05) is 0 Å². The number of carbonyl (C=O) groups is 2. The second-order valence-corrected chi connectivity index (χ2v) is 13.1. The van der Waals surface area contributed by atoms with Gasteiger partial charge in [-0.3, -0.25) is 4.79 Å². The minimum atomic E-state index is -2.22. The first-order valence-electron chi connectivity index (χ1n) is 8.06. The minimum Gasteiger partial charge on any atom is -0.468 e. The Morgan fingerprint density at radius 2 is 1.75 bits per heavy atom. The second kappa shape index (κ2) is 6.61. The summed E-state index contributed by atoms with van der Waals surface area (Å²) in [7, 11) is -0.943. The van der Waals surface area contributed by atoms with Crippen LogP contribution in [0.1, 0.15) is 41.0 Å². The third-order valence-electron chi connectivity index (χ3n) is 5.92. The van der Waals surface area contributed by atoms with Crippen molar-refractivity contribution in [2.75, 3.05) is 7.11 Å². The predicted octanol–water partition coefficient (Wildman–Crippen LogP) is 3.54. The Balaban J connectivity index is 3.43. The molecule has 0 unspecified atom stereocenters. The molecule has 138 valence electrons. The Morgan fingerprint density at radius 3 is 2.17 bits per heavy atom. The zero-order chi connectivity index (χ0) is 19.0. The van der Waals surface area contributed by atoms with Crippen molar-refractivity contribution in [3.8, 4) is 0 Å². The lowest BCUT2D eigenvalue weighted by Crippen LogP contribution is -2.60. The quantitative estimate of drug-likeness (QED) is 0.272. The molecule has 0 fully saturated rings. The van der Waals surface area contributed by atoms with Gasteiger partial charge in [-0.15, -0.1) is 0 Å². The van der Waals surface area contributed by atoms with E-state index in [1.807, 2.05) is 6.08 Å². The Labute approximate surface area is 145 Å². The molecular weight excluding hydrogens is 328 g/mol. The van der Waals surface area contributed by atoms with E-state index >= 15 is 0 Å². The number of rotatable bonds is 4. The Kier molecular flexibility index (Phi) is 5.75. The molecule has 0 amide bonds. The normalized spacial score (nSPS) is 30.8. The van der Waals surface area contributed by atoms with Crippen LogP contribution in [0.25, 0.3) is 0 Å². The van der Waals surface area contributed by atoms with Gasteiger partial charge in [-0.1, -0.05) is 32.9 Å². The molecule has 0 spiro atoms. The largest absolute Gasteiger partial charge is 0.468 e. The molecule has 0 aliphatic heterocycles. The van der Waals surface area contributed by atoms with E-state index in [0.717, 1.165) is 0 Å². The van der Waals surface area contributed by atoms with E-state index in [4.69, 9.17) is 14.4 Å². The number of ether oxygens (including phenoxy) is 1. The lowest BCUT2D eigenvalue weighted by Gasteiger charge is -2.50. The van der Waals surface area contributed by atoms with Crippen LogP contribution in [0.5, 0.6) is 0 Å². The summed E-state index contributed by atoms with van der Waals surface area (Å²) in [6.45, 7) is 13.7. The fourth-order valence-corrected chi connectivity index (χ4v) is 4.05. The van der Waals surface area contributed by atoms with Crippen LogP contribution in [0.4, 0.5) is 0 Å². The Morgan fingerprint density at radius 1 is 1.21 bits per heavy atom. The zero-order valence-electron chi connectivity index (χ0n) is 15.9. The molecule has 0 bridgehead atoms. The summed E-state index contributed by atoms with van der Waals surface area (Å²) in [5, 5.41) is 8.86. The number of methoxy groups -OCH3 is 1. The number of hydrogen-bond donors (Lipinski definition) is 1. The van der Waals surface area contributed by atoms with E-state index in [9.17, 15) is 9.59 Å². The first-order valence-corrected chi connectivity index (χ1v) is 11.0. The molecule has 0 saturated heterocycles. The van der Waals surface area contributed by atoms with Crippen molar-refractivity contribution < 1.29 is 28.9 Å². The molecule has 0 heterocycles. The number of esters is 1. The lowest BCUT2D eigenvalue weighted by molar-refractivity contribution is -0.254. The summed E-state index contributed by atoms with van der Waals surface area (Å²) >= 11 is 0. The fourth-order valence-electron chi connectivity index (χ4n) is 2.75. The number of carbonyl (C=O) groups excluding carboxylic acids is 2. The van der Waals surface area contributed by atoms with Crippen molar-refractivity contribution in [1.29, 1.82) is 0 Å². The van der Waals surface area contributed by atoms with Gasteiger partial charge in [-0.25, -0.2) is 4.79 Å². The van der Waals surface area contributed by atoms with E-state index in [1.54, 1.807) is 19.9 Å². The molecule has 1 aliphatic rings. The van der Waals surface area contributed by atoms with Gasteiger partial charge < -0.3 is 14.1 Å². The molecule has 6 nitrogen and oxygen atoms in total. The van der Waals surface area contributed by atoms with Gasteiger partial charge in [-0.05, 0) is 38.4 Å². The van der Waals surface area contributed by atoms with Gasteiger partial charge in [0.05, 0.1) is 18.6 Å². The average molecular weight is 359 g/mol. The van der Waals surface area contributed by atoms with Gasteiger partial charge in [-0.2, -0.15) is 5.26 Å². The van der Waals surface area contributed by atoms with Crippen molar-refractivity contribution in [3.05, 3.63) is 12.2 Å². The van der Waals surface area contributed by atoms with Crippen molar-refractivity contribution in [1.82, 2.24) is 0 Å². The highest BCUT2D eigenvalue weighted by molar-refractivity contribution is 6.74. The summed E-state index contributed by atoms with van der Waals surface area (Å²) in [4.78, 5) is 28.9. The van der Waals surface area contributed by atoms with Gasteiger partial charge in [0.15, 0.2) is 8.32 Å². The maximum Gasteiger partial charge on any atom is 0.349 e.